The van der Waals surface area contributed by atoms with Crippen molar-refractivity contribution in [2.75, 3.05) is 46.4 Å². The van der Waals surface area contributed by atoms with Gasteiger partial charge in [0.05, 0.1) is 13.2 Å². The molecule has 1 saturated heterocycles. The van der Waals surface area contributed by atoms with E-state index < -0.39 is 0 Å². The van der Waals surface area contributed by atoms with E-state index in [-0.39, 0.29) is 0 Å². The highest BCUT2D eigenvalue weighted by Crippen LogP contribution is 2.15. The lowest BCUT2D eigenvalue weighted by Crippen LogP contribution is -2.52. The molecule has 0 amide bonds. The summed E-state index contributed by atoms with van der Waals surface area (Å²) in [6.07, 6.45) is 6.84. The van der Waals surface area contributed by atoms with Gasteiger partial charge in [-0.2, -0.15) is 0 Å². The molecule has 8 nitrogen and oxygen atoms in total. The molecule has 1 fully saturated rings. The number of aromatic nitrogens is 3. The summed E-state index contributed by atoms with van der Waals surface area (Å²) in [4.78, 5) is 6.93. The Morgan fingerprint density at radius 1 is 1.10 bits per heavy atom. The van der Waals surface area contributed by atoms with Crippen LogP contribution in [0.2, 0.25) is 0 Å². The third kappa shape index (κ3) is 6.40. The van der Waals surface area contributed by atoms with Crippen LogP contribution in [0.5, 0.6) is 0 Å². The largest absolute Gasteiger partial charge is 0.379 e. The third-order valence-electron chi connectivity index (χ3n) is 6.04. The number of ether oxygens (including phenoxy) is 1. The summed E-state index contributed by atoms with van der Waals surface area (Å²) >= 11 is 0. The zero-order valence-electron chi connectivity index (χ0n) is 18.5. The fourth-order valence-corrected chi connectivity index (χ4v) is 4.30. The smallest absolute Gasteiger partial charge is 0.191 e. The van der Waals surface area contributed by atoms with E-state index in [0.29, 0.717) is 12.0 Å². The van der Waals surface area contributed by atoms with E-state index >= 15 is 0 Å². The Balaban J connectivity index is 1.40. The maximum absolute atomic E-state index is 5.50. The van der Waals surface area contributed by atoms with Gasteiger partial charge in [0.2, 0.25) is 0 Å². The molecule has 2 aliphatic rings. The summed E-state index contributed by atoms with van der Waals surface area (Å²) in [5, 5.41) is 15.8. The van der Waals surface area contributed by atoms with E-state index in [1.165, 1.54) is 25.1 Å². The Morgan fingerprint density at radius 2 is 1.93 bits per heavy atom. The first kappa shape index (κ1) is 22.0. The second-order valence-electron chi connectivity index (χ2n) is 8.44. The predicted molar refractivity (Wildman–Crippen MR) is 116 cm³/mol. The average molecular weight is 406 g/mol. The second-order valence-corrected chi connectivity index (χ2v) is 8.44. The monoisotopic (exact) mass is 405 g/mol. The molecule has 3 rings (SSSR count). The van der Waals surface area contributed by atoms with Gasteiger partial charge in [-0.15, -0.1) is 10.2 Å². The number of rotatable bonds is 8. The molecule has 0 aromatic carbocycles. The summed E-state index contributed by atoms with van der Waals surface area (Å²) in [5.41, 5.74) is 0. The van der Waals surface area contributed by atoms with Crippen LogP contribution in [0.4, 0.5) is 0 Å². The normalized spacial score (nSPS) is 19.7. The molecule has 0 saturated carbocycles. The van der Waals surface area contributed by atoms with Gasteiger partial charge in [-0.25, -0.2) is 0 Å². The standard InChI is InChI=1S/C21H39N7O/c1-17(2)18(27-12-14-29-15-13-27)16-24-21(22-3)23-10-7-9-20-26-25-19-8-5-4-6-11-28(19)20/h17-18H,4-16H2,1-3H3,(H2,22,23,24). The van der Waals surface area contributed by atoms with Crippen molar-refractivity contribution in [1.82, 2.24) is 30.3 Å². The van der Waals surface area contributed by atoms with E-state index in [2.05, 4.69) is 49.1 Å². The van der Waals surface area contributed by atoms with Crippen molar-refractivity contribution >= 4 is 5.96 Å². The molecule has 1 unspecified atom stereocenters. The first-order chi connectivity index (χ1) is 14.2. The fourth-order valence-electron chi connectivity index (χ4n) is 4.30. The molecule has 2 aliphatic heterocycles. The number of aliphatic imine (C=N–C) groups is 1. The number of hydrogen-bond donors (Lipinski definition) is 2. The molecule has 29 heavy (non-hydrogen) atoms. The molecule has 0 spiro atoms. The maximum Gasteiger partial charge on any atom is 0.191 e. The van der Waals surface area contributed by atoms with Crippen molar-refractivity contribution in [3.63, 3.8) is 0 Å². The lowest BCUT2D eigenvalue weighted by atomic mass is 10.0. The van der Waals surface area contributed by atoms with E-state index in [4.69, 9.17) is 4.74 Å². The molecular weight excluding hydrogens is 366 g/mol. The van der Waals surface area contributed by atoms with Crippen LogP contribution in [0, 0.1) is 5.92 Å². The summed E-state index contributed by atoms with van der Waals surface area (Å²) in [5.74, 6) is 3.77. The zero-order valence-corrected chi connectivity index (χ0v) is 18.5. The Labute approximate surface area is 175 Å². The number of hydrogen-bond acceptors (Lipinski definition) is 5. The van der Waals surface area contributed by atoms with E-state index in [9.17, 15) is 0 Å². The van der Waals surface area contributed by atoms with Crippen LogP contribution in [0.3, 0.4) is 0 Å². The number of fused-ring (bicyclic) bond motifs is 1. The van der Waals surface area contributed by atoms with Crippen LogP contribution in [0.25, 0.3) is 0 Å². The van der Waals surface area contributed by atoms with Crippen LogP contribution in [-0.4, -0.2) is 78.1 Å². The molecule has 164 valence electrons. The molecule has 1 atom stereocenters. The number of nitrogens with zero attached hydrogens (tertiary/aromatic N) is 5. The van der Waals surface area contributed by atoms with Crippen molar-refractivity contribution in [2.45, 2.75) is 65.0 Å². The summed E-state index contributed by atoms with van der Waals surface area (Å²) in [6.45, 7) is 11.1. The molecule has 8 heteroatoms. The average Bonchev–Trinajstić information content (AvgIpc) is 2.96. The Bertz CT molecular complexity index is 637. The number of nitrogens with one attached hydrogen (secondary N) is 2. The highest BCUT2D eigenvalue weighted by molar-refractivity contribution is 5.79. The van der Waals surface area contributed by atoms with Crippen LogP contribution in [0.1, 0.15) is 51.2 Å². The molecule has 0 bridgehead atoms. The second kappa shape index (κ2) is 11.5. The summed E-state index contributed by atoms with van der Waals surface area (Å²) < 4.78 is 7.85. The molecular formula is C21H39N7O. The molecule has 1 aromatic rings. The van der Waals surface area contributed by atoms with Gasteiger partial charge in [-0.05, 0) is 25.2 Å². The number of morpholine rings is 1. The number of aryl methyl sites for hydroxylation is 2. The lowest BCUT2D eigenvalue weighted by Gasteiger charge is -2.37. The van der Waals surface area contributed by atoms with E-state index in [1.54, 1.807) is 0 Å². The minimum Gasteiger partial charge on any atom is -0.379 e. The lowest BCUT2D eigenvalue weighted by molar-refractivity contribution is 0.00752. The molecule has 1 aromatic heterocycles. The van der Waals surface area contributed by atoms with Crippen LogP contribution in [0.15, 0.2) is 4.99 Å². The Morgan fingerprint density at radius 3 is 2.69 bits per heavy atom. The predicted octanol–water partition coefficient (Wildman–Crippen LogP) is 1.46. The minimum atomic E-state index is 0.490. The van der Waals surface area contributed by atoms with Crippen molar-refractivity contribution in [1.29, 1.82) is 0 Å². The quantitative estimate of drug-likeness (QED) is 0.387. The van der Waals surface area contributed by atoms with Crippen molar-refractivity contribution in [2.24, 2.45) is 10.9 Å². The van der Waals surface area contributed by atoms with Crippen molar-refractivity contribution in [3.05, 3.63) is 11.6 Å². The maximum atomic E-state index is 5.50. The van der Waals surface area contributed by atoms with Gasteiger partial charge in [0.25, 0.3) is 0 Å². The van der Waals surface area contributed by atoms with Gasteiger partial charge >= 0.3 is 0 Å². The van der Waals surface area contributed by atoms with E-state index in [0.717, 1.165) is 77.0 Å². The van der Waals surface area contributed by atoms with Crippen molar-refractivity contribution in [3.8, 4) is 0 Å². The van der Waals surface area contributed by atoms with Crippen LogP contribution in [-0.2, 0) is 24.1 Å². The third-order valence-corrected chi connectivity index (χ3v) is 6.04. The zero-order chi connectivity index (χ0) is 20.5. The molecule has 0 radical (unpaired) electrons. The molecule has 2 N–H and O–H groups in total. The first-order valence-corrected chi connectivity index (χ1v) is 11.4. The van der Waals surface area contributed by atoms with Gasteiger partial charge in [-0.1, -0.05) is 20.3 Å². The topological polar surface area (TPSA) is 79.6 Å². The highest BCUT2D eigenvalue weighted by atomic mass is 16.5. The molecule has 0 aliphatic carbocycles. The van der Waals surface area contributed by atoms with Gasteiger partial charge in [0.15, 0.2) is 5.96 Å². The highest BCUT2D eigenvalue weighted by Gasteiger charge is 2.23. The minimum absolute atomic E-state index is 0.490. The van der Waals surface area contributed by atoms with Crippen LogP contribution >= 0.6 is 0 Å². The number of guanidine groups is 1. The fraction of sp³-hybridized carbons (Fsp3) is 0.857. The summed E-state index contributed by atoms with van der Waals surface area (Å²) in [6, 6.07) is 0.490. The summed E-state index contributed by atoms with van der Waals surface area (Å²) in [7, 11) is 1.84. The Hall–Kier alpha value is -1.67. The van der Waals surface area contributed by atoms with Crippen molar-refractivity contribution < 1.29 is 4.74 Å². The van der Waals surface area contributed by atoms with E-state index in [1.807, 2.05) is 7.05 Å². The SMILES string of the molecule is CN=C(NCCCc1nnc2n1CCCCC2)NCC(C(C)C)N1CCOCC1. The van der Waals surface area contributed by atoms with Gasteiger partial charge in [-0.3, -0.25) is 9.89 Å². The van der Waals surface area contributed by atoms with Crippen LogP contribution < -0.4 is 10.6 Å². The van der Waals surface area contributed by atoms with Gasteiger partial charge in [0.1, 0.15) is 11.6 Å². The van der Waals surface area contributed by atoms with Gasteiger partial charge < -0.3 is 19.9 Å². The van der Waals surface area contributed by atoms with Gasteiger partial charge in [0, 0.05) is 58.7 Å². The Kier molecular flexibility index (Phi) is 8.73. The molecule has 3 heterocycles. The first-order valence-electron chi connectivity index (χ1n) is 11.4.